The Morgan fingerprint density at radius 2 is 1.71 bits per heavy atom. The summed E-state index contributed by atoms with van der Waals surface area (Å²) >= 11 is 6.09. The second-order valence-corrected chi connectivity index (χ2v) is 5.78. The van der Waals surface area contributed by atoms with E-state index < -0.39 is 0 Å². The van der Waals surface area contributed by atoms with Crippen molar-refractivity contribution in [2.24, 2.45) is 0 Å². The highest BCUT2D eigenvalue weighted by Gasteiger charge is 2.20. The summed E-state index contributed by atoms with van der Waals surface area (Å²) in [5.41, 5.74) is 3.56. The molecule has 0 aliphatic carbocycles. The van der Waals surface area contributed by atoms with Crippen molar-refractivity contribution < 1.29 is 0 Å². The van der Waals surface area contributed by atoms with Gasteiger partial charge in [-0.3, -0.25) is 0 Å². The van der Waals surface area contributed by atoms with Gasteiger partial charge in [-0.25, -0.2) is 9.97 Å². The second kappa shape index (κ2) is 5.90. The molecule has 4 nitrogen and oxygen atoms in total. The number of hydrogen-bond donors (Lipinski definition) is 0. The quantitative estimate of drug-likeness (QED) is 0.798. The summed E-state index contributed by atoms with van der Waals surface area (Å²) in [6, 6.07) is 8.66. The SMILES string of the molecule is Cc1cccc(N2CCN(c3ncnc(Cl)c3C)CC2)c1. The van der Waals surface area contributed by atoms with Gasteiger partial charge in [0.25, 0.3) is 0 Å². The Bertz CT molecular complexity index is 636. The monoisotopic (exact) mass is 302 g/mol. The first-order valence-electron chi connectivity index (χ1n) is 7.19. The molecule has 0 amide bonds. The highest BCUT2D eigenvalue weighted by atomic mass is 35.5. The number of halogens is 1. The van der Waals surface area contributed by atoms with Gasteiger partial charge in [-0.1, -0.05) is 23.7 Å². The predicted molar refractivity (Wildman–Crippen MR) is 87.4 cm³/mol. The van der Waals surface area contributed by atoms with Crippen LogP contribution in [0.1, 0.15) is 11.1 Å². The zero-order valence-corrected chi connectivity index (χ0v) is 13.1. The first-order valence-corrected chi connectivity index (χ1v) is 7.56. The van der Waals surface area contributed by atoms with Crippen molar-refractivity contribution in [2.75, 3.05) is 36.0 Å². The average Bonchev–Trinajstić information content (AvgIpc) is 2.50. The highest BCUT2D eigenvalue weighted by molar-refractivity contribution is 6.30. The van der Waals surface area contributed by atoms with E-state index in [-0.39, 0.29) is 0 Å². The van der Waals surface area contributed by atoms with Gasteiger partial charge in [-0.2, -0.15) is 0 Å². The molecule has 2 heterocycles. The topological polar surface area (TPSA) is 32.3 Å². The van der Waals surface area contributed by atoms with Crippen LogP contribution in [0.25, 0.3) is 0 Å². The Balaban J connectivity index is 1.72. The molecule has 0 bridgehead atoms. The zero-order chi connectivity index (χ0) is 14.8. The van der Waals surface area contributed by atoms with Crippen LogP contribution in [0.5, 0.6) is 0 Å². The molecule has 2 aromatic rings. The fourth-order valence-corrected chi connectivity index (χ4v) is 2.87. The van der Waals surface area contributed by atoms with Crippen LogP contribution < -0.4 is 9.80 Å². The summed E-state index contributed by atoms with van der Waals surface area (Å²) in [4.78, 5) is 13.1. The van der Waals surface area contributed by atoms with Gasteiger partial charge in [-0.05, 0) is 31.5 Å². The van der Waals surface area contributed by atoms with Crippen LogP contribution in [-0.2, 0) is 0 Å². The summed E-state index contributed by atoms with van der Waals surface area (Å²) in [6.45, 7) is 7.98. The number of aryl methyl sites for hydroxylation is 1. The first kappa shape index (κ1) is 14.1. The normalized spacial score (nSPS) is 15.4. The Hall–Kier alpha value is -1.81. The first-order chi connectivity index (χ1) is 10.1. The molecule has 1 aliphatic rings. The van der Waals surface area contributed by atoms with Crippen molar-refractivity contribution in [1.82, 2.24) is 9.97 Å². The molecular weight excluding hydrogens is 284 g/mol. The zero-order valence-electron chi connectivity index (χ0n) is 12.4. The lowest BCUT2D eigenvalue weighted by Crippen LogP contribution is -2.47. The molecule has 0 N–H and O–H groups in total. The molecule has 0 unspecified atom stereocenters. The summed E-state index contributed by atoms with van der Waals surface area (Å²) in [5.74, 6) is 0.957. The largest absolute Gasteiger partial charge is 0.368 e. The van der Waals surface area contributed by atoms with Crippen molar-refractivity contribution in [1.29, 1.82) is 0 Å². The molecule has 1 aliphatic heterocycles. The van der Waals surface area contributed by atoms with Gasteiger partial charge in [-0.15, -0.1) is 0 Å². The Labute approximate surface area is 130 Å². The van der Waals surface area contributed by atoms with Crippen LogP contribution in [0.3, 0.4) is 0 Å². The molecule has 1 fully saturated rings. The summed E-state index contributed by atoms with van der Waals surface area (Å²) in [6.07, 6.45) is 1.54. The fraction of sp³-hybridized carbons (Fsp3) is 0.375. The maximum atomic E-state index is 6.09. The third kappa shape index (κ3) is 2.95. The van der Waals surface area contributed by atoms with Crippen LogP contribution in [0.15, 0.2) is 30.6 Å². The molecule has 0 saturated carbocycles. The molecule has 0 atom stereocenters. The van der Waals surface area contributed by atoms with E-state index in [1.165, 1.54) is 17.6 Å². The maximum Gasteiger partial charge on any atom is 0.137 e. The van der Waals surface area contributed by atoms with Gasteiger partial charge >= 0.3 is 0 Å². The van der Waals surface area contributed by atoms with Crippen LogP contribution in [0.4, 0.5) is 11.5 Å². The molecule has 1 saturated heterocycles. The minimum atomic E-state index is 0.543. The predicted octanol–water partition coefficient (Wildman–Crippen LogP) is 3.07. The average molecular weight is 303 g/mol. The molecule has 0 radical (unpaired) electrons. The third-order valence-electron chi connectivity index (χ3n) is 3.94. The smallest absolute Gasteiger partial charge is 0.137 e. The van der Waals surface area contributed by atoms with Gasteiger partial charge in [0, 0.05) is 37.4 Å². The number of aromatic nitrogens is 2. The standard InChI is InChI=1S/C16H19ClN4/c1-12-4-3-5-14(10-12)20-6-8-21(9-7-20)16-13(2)15(17)18-11-19-16/h3-5,10-11H,6-9H2,1-2H3. The van der Waals surface area contributed by atoms with Crippen molar-refractivity contribution in [2.45, 2.75) is 13.8 Å². The van der Waals surface area contributed by atoms with Gasteiger partial charge in [0.05, 0.1) is 0 Å². The van der Waals surface area contributed by atoms with Crippen molar-refractivity contribution in [3.63, 3.8) is 0 Å². The molecule has 0 spiro atoms. The van der Waals surface area contributed by atoms with Gasteiger partial charge in [0.1, 0.15) is 17.3 Å². The number of anilines is 2. The number of hydrogen-bond acceptors (Lipinski definition) is 4. The van der Waals surface area contributed by atoms with Crippen molar-refractivity contribution >= 4 is 23.1 Å². The van der Waals surface area contributed by atoms with Crippen molar-refractivity contribution in [3.8, 4) is 0 Å². The van der Waals surface area contributed by atoms with E-state index in [0.29, 0.717) is 5.15 Å². The Kier molecular flexibility index (Phi) is 3.97. The van der Waals surface area contributed by atoms with E-state index in [2.05, 4.69) is 51.0 Å². The van der Waals surface area contributed by atoms with Crippen LogP contribution >= 0.6 is 11.6 Å². The molecule has 3 rings (SSSR count). The summed E-state index contributed by atoms with van der Waals surface area (Å²) in [5, 5.41) is 0.543. The van der Waals surface area contributed by atoms with E-state index >= 15 is 0 Å². The fourth-order valence-electron chi connectivity index (χ4n) is 2.74. The maximum absolute atomic E-state index is 6.09. The van der Waals surface area contributed by atoms with E-state index in [9.17, 15) is 0 Å². The molecule has 1 aromatic heterocycles. The van der Waals surface area contributed by atoms with Crippen molar-refractivity contribution in [3.05, 3.63) is 46.9 Å². The molecular formula is C16H19ClN4. The summed E-state index contributed by atoms with van der Waals surface area (Å²) < 4.78 is 0. The van der Waals surface area contributed by atoms with Gasteiger partial charge in [0.15, 0.2) is 0 Å². The number of piperazine rings is 1. The lowest BCUT2D eigenvalue weighted by atomic mass is 10.2. The minimum absolute atomic E-state index is 0.543. The number of rotatable bonds is 2. The lowest BCUT2D eigenvalue weighted by molar-refractivity contribution is 0.645. The Morgan fingerprint density at radius 3 is 2.43 bits per heavy atom. The molecule has 1 aromatic carbocycles. The molecule has 5 heteroatoms. The van der Waals surface area contributed by atoms with Crippen LogP contribution in [-0.4, -0.2) is 36.1 Å². The minimum Gasteiger partial charge on any atom is -0.368 e. The van der Waals surface area contributed by atoms with E-state index in [1.54, 1.807) is 0 Å². The highest BCUT2D eigenvalue weighted by Crippen LogP contribution is 2.24. The molecule has 21 heavy (non-hydrogen) atoms. The van der Waals surface area contributed by atoms with Crippen LogP contribution in [0, 0.1) is 13.8 Å². The summed E-state index contributed by atoms with van der Waals surface area (Å²) in [7, 11) is 0. The van der Waals surface area contributed by atoms with Crippen LogP contribution in [0.2, 0.25) is 5.15 Å². The second-order valence-electron chi connectivity index (χ2n) is 5.43. The van der Waals surface area contributed by atoms with E-state index in [4.69, 9.17) is 11.6 Å². The van der Waals surface area contributed by atoms with Gasteiger partial charge in [0.2, 0.25) is 0 Å². The van der Waals surface area contributed by atoms with E-state index in [1.807, 2.05) is 6.92 Å². The van der Waals surface area contributed by atoms with E-state index in [0.717, 1.165) is 37.6 Å². The number of nitrogens with zero attached hydrogens (tertiary/aromatic N) is 4. The van der Waals surface area contributed by atoms with Gasteiger partial charge < -0.3 is 9.80 Å². The number of benzene rings is 1. The molecule has 110 valence electrons. The third-order valence-corrected chi connectivity index (χ3v) is 4.32. The Morgan fingerprint density at radius 1 is 1.00 bits per heavy atom. The lowest BCUT2D eigenvalue weighted by Gasteiger charge is -2.37.